The SMILES string of the molecule is COC(=O)C1CCc2nc(-c3ccc(C)cc3)cn2C1. The number of aryl methyl sites for hydroxylation is 2. The molecule has 3 rings (SSSR count). The van der Waals surface area contributed by atoms with Gasteiger partial charge in [0.15, 0.2) is 0 Å². The van der Waals surface area contributed by atoms with E-state index in [0.29, 0.717) is 6.54 Å². The maximum atomic E-state index is 11.6. The van der Waals surface area contributed by atoms with Gasteiger partial charge in [0.25, 0.3) is 0 Å². The first-order valence-corrected chi connectivity index (χ1v) is 6.88. The number of nitrogens with zero attached hydrogens (tertiary/aromatic N) is 2. The normalized spacial score (nSPS) is 17.6. The van der Waals surface area contributed by atoms with Gasteiger partial charge in [0.1, 0.15) is 5.82 Å². The Morgan fingerprint density at radius 2 is 2.10 bits per heavy atom. The number of carbonyl (C=O) groups is 1. The fourth-order valence-electron chi connectivity index (χ4n) is 2.67. The third kappa shape index (κ3) is 2.33. The van der Waals surface area contributed by atoms with Gasteiger partial charge in [-0.3, -0.25) is 4.79 Å². The first-order chi connectivity index (χ1) is 9.67. The van der Waals surface area contributed by atoms with Crippen LogP contribution in [0.25, 0.3) is 11.3 Å². The van der Waals surface area contributed by atoms with Crippen molar-refractivity contribution in [2.45, 2.75) is 26.3 Å². The van der Waals surface area contributed by atoms with Gasteiger partial charge in [-0.15, -0.1) is 0 Å². The zero-order valence-corrected chi connectivity index (χ0v) is 11.8. The first-order valence-electron chi connectivity index (χ1n) is 6.88. The molecule has 1 aromatic heterocycles. The quantitative estimate of drug-likeness (QED) is 0.788. The molecule has 2 aromatic rings. The van der Waals surface area contributed by atoms with E-state index in [-0.39, 0.29) is 11.9 Å². The van der Waals surface area contributed by atoms with Gasteiger partial charge < -0.3 is 9.30 Å². The van der Waals surface area contributed by atoms with Crippen LogP contribution in [0.3, 0.4) is 0 Å². The van der Waals surface area contributed by atoms with Gasteiger partial charge in [-0.05, 0) is 13.3 Å². The summed E-state index contributed by atoms with van der Waals surface area (Å²) >= 11 is 0. The average molecular weight is 270 g/mol. The van der Waals surface area contributed by atoms with Crippen LogP contribution >= 0.6 is 0 Å². The molecule has 1 aromatic carbocycles. The summed E-state index contributed by atoms with van der Waals surface area (Å²) in [6, 6.07) is 8.35. The number of ether oxygens (including phenoxy) is 1. The molecule has 1 aliphatic rings. The molecule has 1 aliphatic heterocycles. The Balaban J connectivity index is 1.86. The summed E-state index contributed by atoms with van der Waals surface area (Å²) in [5, 5.41) is 0. The molecule has 0 bridgehead atoms. The summed E-state index contributed by atoms with van der Waals surface area (Å²) in [5.74, 6) is 0.884. The lowest BCUT2D eigenvalue weighted by Gasteiger charge is -2.21. The molecule has 0 amide bonds. The van der Waals surface area contributed by atoms with Gasteiger partial charge in [0.05, 0.1) is 18.7 Å². The van der Waals surface area contributed by atoms with Crippen LogP contribution in [0.15, 0.2) is 30.5 Å². The number of hydrogen-bond donors (Lipinski definition) is 0. The van der Waals surface area contributed by atoms with E-state index in [1.807, 2.05) is 6.20 Å². The van der Waals surface area contributed by atoms with Crippen molar-refractivity contribution in [2.75, 3.05) is 7.11 Å². The molecule has 0 radical (unpaired) electrons. The van der Waals surface area contributed by atoms with Crippen molar-refractivity contribution < 1.29 is 9.53 Å². The lowest BCUT2D eigenvalue weighted by molar-refractivity contribution is -0.146. The van der Waals surface area contributed by atoms with Gasteiger partial charge in [-0.25, -0.2) is 4.98 Å². The van der Waals surface area contributed by atoms with Crippen LogP contribution in [0, 0.1) is 12.8 Å². The van der Waals surface area contributed by atoms with E-state index < -0.39 is 0 Å². The highest BCUT2D eigenvalue weighted by Gasteiger charge is 2.26. The van der Waals surface area contributed by atoms with Crippen LogP contribution in [0.1, 0.15) is 17.8 Å². The minimum absolute atomic E-state index is 0.0485. The van der Waals surface area contributed by atoms with Crippen molar-refractivity contribution >= 4 is 5.97 Å². The Labute approximate surface area is 118 Å². The van der Waals surface area contributed by atoms with E-state index >= 15 is 0 Å². The largest absolute Gasteiger partial charge is 0.469 e. The van der Waals surface area contributed by atoms with Crippen molar-refractivity contribution in [2.24, 2.45) is 5.92 Å². The number of hydrogen-bond acceptors (Lipinski definition) is 3. The standard InChI is InChI=1S/C16H18N2O2/c1-11-3-5-12(6-4-11)14-10-18-9-13(16(19)20-2)7-8-15(18)17-14/h3-6,10,13H,7-9H2,1-2H3. The zero-order valence-electron chi connectivity index (χ0n) is 11.8. The molecule has 1 unspecified atom stereocenters. The Kier molecular flexibility index (Phi) is 3.30. The Morgan fingerprint density at radius 3 is 2.80 bits per heavy atom. The molecule has 0 saturated heterocycles. The van der Waals surface area contributed by atoms with Crippen molar-refractivity contribution in [3.8, 4) is 11.3 Å². The monoisotopic (exact) mass is 270 g/mol. The van der Waals surface area contributed by atoms with Gasteiger partial charge >= 0.3 is 5.97 Å². The van der Waals surface area contributed by atoms with Crippen LogP contribution in [-0.2, 0) is 22.5 Å². The molecule has 4 heteroatoms. The second-order valence-corrected chi connectivity index (χ2v) is 5.32. The molecule has 0 fully saturated rings. The number of imidazole rings is 1. The lowest BCUT2D eigenvalue weighted by Crippen LogP contribution is -2.27. The predicted octanol–water partition coefficient (Wildman–Crippen LogP) is 2.59. The summed E-state index contributed by atoms with van der Waals surface area (Å²) in [6.07, 6.45) is 3.68. The predicted molar refractivity (Wildman–Crippen MR) is 76.2 cm³/mol. The number of rotatable bonds is 2. The van der Waals surface area contributed by atoms with Crippen LogP contribution in [0.4, 0.5) is 0 Å². The summed E-state index contributed by atoms with van der Waals surface area (Å²) in [6.45, 7) is 2.74. The number of aromatic nitrogens is 2. The van der Waals surface area contributed by atoms with E-state index in [0.717, 1.165) is 29.9 Å². The Morgan fingerprint density at radius 1 is 1.35 bits per heavy atom. The number of carbonyl (C=O) groups excluding carboxylic acids is 1. The fraction of sp³-hybridized carbons (Fsp3) is 0.375. The molecular formula is C16H18N2O2. The summed E-state index contributed by atoms with van der Waals surface area (Å²) in [4.78, 5) is 16.3. The van der Waals surface area contributed by atoms with E-state index in [4.69, 9.17) is 4.74 Å². The summed E-state index contributed by atoms with van der Waals surface area (Å²) < 4.78 is 6.92. The minimum atomic E-state index is -0.124. The molecule has 0 aliphatic carbocycles. The summed E-state index contributed by atoms with van der Waals surface area (Å²) in [7, 11) is 1.45. The van der Waals surface area contributed by atoms with Gasteiger partial charge in [0.2, 0.25) is 0 Å². The fourth-order valence-corrected chi connectivity index (χ4v) is 2.67. The van der Waals surface area contributed by atoms with Crippen LogP contribution in [0.5, 0.6) is 0 Å². The molecule has 104 valence electrons. The summed E-state index contributed by atoms with van der Waals surface area (Å²) in [5.41, 5.74) is 3.33. The first kappa shape index (κ1) is 12.9. The molecule has 4 nitrogen and oxygen atoms in total. The van der Waals surface area contributed by atoms with E-state index in [1.165, 1.54) is 12.7 Å². The molecule has 20 heavy (non-hydrogen) atoms. The molecular weight excluding hydrogens is 252 g/mol. The van der Waals surface area contributed by atoms with Crippen molar-refractivity contribution in [3.63, 3.8) is 0 Å². The third-order valence-corrected chi connectivity index (χ3v) is 3.87. The Hall–Kier alpha value is -2.10. The molecule has 0 N–H and O–H groups in total. The van der Waals surface area contributed by atoms with E-state index in [1.54, 1.807) is 0 Å². The van der Waals surface area contributed by atoms with Crippen molar-refractivity contribution in [1.82, 2.24) is 9.55 Å². The second-order valence-electron chi connectivity index (χ2n) is 5.32. The van der Waals surface area contributed by atoms with Crippen LogP contribution in [-0.4, -0.2) is 22.6 Å². The highest BCUT2D eigenvalue weighted by Crippen LogP contribution is 2.25. The van der Waals surface area contributed by atoms with Crippen LogP contribution < -0.4 is 0 Å². The number of esters is 1. The number of benzene rings is 1. The maximum absolute atomic E-state index is 11.6. The smallest absolute Gasteiger partial charge is 0.310 e. The van der Waals surface area contributed by atoms with E-state index in [9.17, 15) is 4.79 Å². The molecule has 0 spiro atoms. The average Bonchev–Trinajstić information content (AvgIpc) is 2.90. The second kappa shape index (κ2) is 5.12. The number of fused-ring (bicyclic) bond motifs is 1. The number of methoxy groups -OCH3 is 1. The van der Waals surface area contributed by atoms with Gasteiger partial charge in [-0.1, -0.05) is 29.8 Å². The van der Waals surface area contributed by atoms with Gasteiger partial charge in [0, 0.05) is 24.7 Å². The molecule has 1 atom stereocenters. The highest BCUT2D eigenvalue weighted by atomic mass is 16.5. The Bertz CT molecular complexity index is 628. The van der Waals surface area contributed by atoms with Crippen LogP contribution in [0.2, 0.25) is 0 Å². The zero-order chi connectivity index (χ0) is 14.1. The molecule has 0 saturated carbocycles. The van der Waals surface area contributed by atoms with Gasteiger partial charge in [-0.2, -0.15) is 0 Å². The highest BCUT2D eigenvalue weighted by molar-refractivity contribution is 5.72. The molecule has 2 heterocycles. The van der Waals surface area contributed by atoms with Crippen molar-refractivity contribution in [1.29, 1.82) is 0 Å². The lowest BCUT2D eigenvalue weighted by atomic mass is 10.00. The maximum Gasteiger partial charge on any atom is 0.310 e. The minimum Gasteiger partial charge on any atom is -0.469 e. The topological polar surface area (TPSA) is 44.1 Å². The third-order valence-electron chi connectivity index (χ3n) is 3.87. The van der Waals surface area contributed by atoms with Crippen molar-refractivity contribution in [3.05, 3.63) is 41.9 Å². The van der Waals surface area contributed by atoms with E-state index in [2.05, 4.69) is 40.7 Å².